The van der Waals surface area contributed by atoms with Crippen molar-refractivity contribution in [2.45, 2.75) is 84.4 Å². The van der Waals surface area contributed by atoms with Crippen molar-refractivity contribution in [3.05, 3.63) is 58.7 Å². The van der Waals surface area contributed by atoms with Crippen LogP contribution in [0.2, 0.25) is 0 Å². The summed E-state index contributed by atoms with van der Waals surface area (Å²) in [6.07, 6.45) is 0. The summed E-state index contributed by atoms with van der Waals surface area (Å²) in [4.78, 5) is 24.0. The smallest absolute Gasteiger partial charge is 0.303 e. The van der Waals surface area contributed by atoms with Gasteiger partial charge in [-0.15, -0.1) is 0 Å². The van der Waals surface area contributed by atoms with Crippen LogP contribution < -0.4 is 10.2 Å². The van der Waals surface area contributed by atoms with Crippen LogP contribution in [0.3, 0.4) is 0 Å². The maximum Gasteiger partial charge on any atom is 0.303 e. The van der Waals surface area contributed by atoms with Crippen LogP contribution in [0.1, 0.15) is 77.0 Å². The molecule has 198 valence electrons. The van der Waals surface area contributed by atoms with Gasteiger partial charge in [0.25, 0.3) is 0 Å². The third kappa shape index (κ3) is 4.23. The van der Waals surface area contributed by atoms with Crippen LogP contribution in [0.4, 0.5) is 24.7 Å². The first-order chi connectivity index (χ1) is 17.0. The third-order valence-electron chi connectivity index (χ3n) is 7.08. The zero-order chi connectivity index (χ0) is 27.7. The number of halogens is 3. The number of alkyl halides is 2. The summed E-state index contributed by atoms with van der Waals surface area (Å²) in [5.41, 5.74) is -1.79. The van der Waals surface area contributed by atoms with Crippen molar-refractivity contribution in [2.24, 2.45) is 0 Å². The standard InChI is InChI=1S/C28H33F3N4O2/c1-14(2)35-22-12-18-21(13-20(22)26(5,6)25(35)36)33-16(4)34-24(18)32-15(3)17-10-9-11-19(23(17)29)28(30,31)27(7,8)37/h9-15,37H,1-8H3,(H,32,33,34). The molecule has 37 heavy (non-hydrogen) atoms. The molecule has 1 unspecified atom stereocenters. The fraction of sp³-hybridized carbons (Fsp3) is 0.464. The number of aliphatic hydroxyl groups is 1. The predicted octanol–water partition coefficient (Wildman–Crippen LogP) is 6.15. The highest BCUT2D eigenvalue weighted by atomic mass is 19.3. The number of hydrogen-bond acceptors (Lipinski definition) is 5. The van der Waals surface area contributed by atoms with E-state index in [0.717, 1.165) is 31.2 Å². The summed E-state index contributed by atoms with van der Waals surface area (Å²) in [6.45, 7) is 12.9. The molecular formula is C28H33F3N4O2. The second kappa shape index (κ2) is 8.68. The molecule has 6 nitrogen and oxygen atoms in total. The van der Waals surface area contributed by atoms with Gasteiger partial charge >= 0.3 is 5.92 Å². The Morgan fingerprint density at radius 3 is 2.35 bits per heavy atom. The minimum Gasteiger partial charge on any atom is -0.384 e. The van der Waals surface area contributed by atoms with E-state index in [4.69, 9.17) is 0 Å². The maximum atomic E-state index is 15.4. The van der Waals surface area contributed by atoms with E-state index in [1.165, 1.54) is 12.1 Å². The van der Waals surface area contributed by atoms with E-state index in [1.807, 2.05) is 39.8 Å². The van der Waals surface area contributed by atoms with Crippen LogP contribution in [0.15, 0.2) is 30.3 Å². The number of benzene rings is 2. The lowest BCUT2D eigenvalue weighted by atomic mass is 9.85. The first kappa shape index (κ1) is 26.9. The third-order valence-corrected chi connectivity index (χ3v) is 7.08. The molecule has 0 saturated heterocycles. The van der Waals surface area contributed by atoms with Crippen LogP contribution in [0, 0.1) is 12.7 Å². The van der Waals surface area contributed by atoms with Gasteiger partial charge in [-0.2, -0.15) is 8.78 Å². The van der Waals surface area contributed by atoms with Gasteiger partial charge in [-0.3, -0.25) is 4.79 Å². The fourth-order valence-corrected chi connectivity index (χ4v) is 4.87. The topological polar surface area (TPSA) is 78.4 Å². The van der Waals surface area contributed by atoms with Crippen molar-refractivity contribution in [1.82, 2.24) is 9.97 Å². The number of carbonyl (C=O) groups excluding carboxylic acids is 1. The van der Waals surface area contributed by atoms with Gasteiger partial charge in [0.15, 0.2) is 0 Å². The minimum atomic E-state index is -3.80. The predicted molar refractivity (Wildman–Crippen MR) is 139 cm³/mol. The molecule has 1 aliphatic rings. The van der Waals surface area contributed by atoms with Crippen molar-refractivity contribution in [1.29, 1.82) is 0 Å². The van der Waals surface area contributed by atoms with Crippen molar-refractivity contribution in [3.8, 4) is 0 Å². The van der Waals surface area contributed by atoms with E-state index in [1.54, 1.807) is 18.7 Å². The molecule has 1 aromatic heterocycles. The van der Waals surface area contributed by atoms with Gasteiger partial charge in [0.1, 0.15) is 23.1 Å². The van der Waals surface area contributed by atoms with Crippen molar-refractivity contribution < 1.29 is 23.1 Å². The lowest BCUT2D eigenvalue weighted by Crippen LogP contribution is -2.41. The zero-order valence-electron chi connectivity index (χ0n) is 22.4. The van der Waals surface area contributed by atoms with Crippen LogP contribution in [0.25, 0.3) is 10.9 Å². The molecule has 1 aliphatic heterocycles. The number of nitrogens with zero attached hydrogens (tertiary/aromatic N) is 3. The van der Waals surface area contributed by atoms with Crippen molar-refractivity contribution >= 4 is 28.3 Å². The van der Waals surface area contributed by atoms with Gasteiger partial charge in [-0.25, -0.2) is 14.4 Å². The SMILES string of the molecule is Cc1nc(NC(C)c2cccc(C(F)(F)C(C)(C)O)c2F)c2cc3c(cc2n1)C(C)(C)C(=O)N3C(C)C. The van der Waals surface area contributed by atoms with Crippen molar-refractivity contribution in [3.63, 3.8) is 0 Å². The Kier molecular flexibility index (Phi) is 6.30. The normalized spacial score (nSPS) is 16.5. The number of aryl methyl sites for hydroxylation is 1. The molecule has 0 saturated carbocycles. The number of nitrogens with one attached hydrogen (secondary N) is 1. The Morgan fingerprint density at radius 1 is 1.11 bits per heavy atom. The van der Waals surface area contributed by atoms with Gasteiger partial charge in [0.2, 0.25) is 5.91 Å². The molecule has 2 aromatic carbocycles. The molecule has 0 fully saturated rings. The largest absolute Gasteiger partial charge is 0.384 e. The molecule has 2 N–H and O–H groups in total. The van der Waals surface area contributed by atoms with E-state index in [2.05, 4.69) is 15.3 Å². The second-order valence-corrected chi connectivity index (χ2v) is 11.1. The first-order valence-electron chi connectivity index (χ1n) is 12.3. The average molecular weight is 515 g/mol. The molecular weight excluding hydrogens is 481 g/mol. The summed E-state index contributed by atoms with van der Waals surface area (Å²) >= 11 is 0. The van der Waals surface area contributed by atoms with Gasteiger partial charge < -0.3 is 15.3 Å². The Labute approximate surface area is 214 Å². The monoisotopic (exact) mass is 514 g/mol. The second-order valence-electron chi connectivity index (χ2n) is 11.1. The number of fused-ring (bicyclic) bond motifs is 2. The van der Waals surface area contributed by atoms with E-state index in [0.29, 0.717) is 22.5 Å². The van der Waals surface area contributed by atoms with Gasteiger partial charge in [-0.05, 0) is 79.2 Å². The highest BCUT2D eigenvalue weighted by Gasteiger charge is 2.49. The van der Waals surface area contributed by atoms with E-state index < -0.39 is 34.4 Å². The molecule has 9 heteroatoms. The minimum absolute atomic E-state index is 0.00659. The maximum absolute atomic E-state index is 15.4. The summed E-state index contributed by atoms with van der Waals surface area (Å²) in [5, 5.41) is 13.7. The average Bonchev–Trinajstić information content (AvgIpc) is 2.96. The zero-order valence-corrected chi connectivity index (χ0v) is 22.4. The number of amides is 1. The van der Waals surface area contributed by atoms with Crippen molar-refractivity contribution in [2.75, 3.05) is 10.2 Å². The molecule has 0 aliphatic carbocycles. The van der Waals surface area contributed by atoms with Crippen LogP contribution >= 0.6 is 0 Å². The number of aromatic nitrogens is 2. The van der Waals surface area contributed by atoms with E-state index in [9.17, 15) is 18.7 Å². The Hall–Kier alpha value is -3.20. The highest BCUT2D eigenvalue weighted by molar-refractivity contribution is 6.10. The van der Waals surface area contributed by atoms with Gasteiger partial charge in [0.05, 0.1) is 22.5 Å². The molecule has 0 spiro atoms. The molecule has 1 amide bonds. The number of anilines is 2. The molecule has 2 heterocycles. The summed E-state index contributed by atoms with van der Waals surface area (Å²) in [5.74, 6) is -4.04. The van der Waals surface area contributed by atoms with E-state index in [-0.39, 0.29) is 17.5 Å². The van der Waals surface area contributed by atoms with Crippen LogP contribution in [-0.2, 0) is 16.1 Å². The molecule has 4 rings (SSSR count). The summed E-state index contributed by atoms with van der Waals surface area (Å²) in [7, 11) is 0. The molecule has 1 atom stereocenters. The summed E-state index contributed by atoms with van der Waals surface area (Å²) in [6, 6.07) is 6.68. The van der Waals surface area contributed by atoms with Crippen LogP contribution in [-0.4, -0.2) is 32.6 Å². The molecule has 0 bridgehead atoms. The van der Waals surface area contributed by atoms with E-state index >= 15 is 4.39 Å². The van der Waals surface area contributed by atoms with Gasteiger partial charge in [-0.1, -0.05) is 12.1 Å². The Bertz CT molecular complexity index is 1400. The van der Waals surface area contributed by atoms with Crippen LogP contribution in [0.5, 0.6) is 0 Å². The van der Waals surface area contributed by atoms with Gasteiger partial charge in [0, 0.05) is 22.7 Å². The summed E-state index contributed by atoms with van der Waals surface area (Å²) < 4.78 is 45.0. The lowest BCUT2D eigenvalue weighted by molar-refractivity contribution is -0.170. The molecule has 0 radical (unpaired) electrons. The first-order valence-corrected chi connectivity index (χ1v) is 12.3. The quantitative estimate of drug-likeness (QED) is 0.413. The fourth-order valence-electron chi connectivity index (χ4n) is 4.87. The Morgan fingerprint density at radius 2 is 1.76 bits per heavy atom. The number of rotatable bonds is 6. The highest BCUT2D eigenvalue weighted by Crippen LogP contribution is 2.46. The molecule has 3 aromatic rings. The number of carbonyl (C=O) groups is 1. The Balaban J connectivity index is 1.81. The number of hydrogen-bond donors (Lipinski definition) is 2. The lowest BCUT2D eigenvalue weighted by Gasteiger charge is -2.30.